The monoisotopic (exact) mass is 460 g/mol. The fraction of sp³-hybridized carbons (Fsp3) is 0.286. The third kappa shape index (κ3) is 4.21. The van der Waals surface area contributed by atoms with Gasteiger partial charge in [0.1, 0.15) is 11.4 Å². The van der Waals surface area contributed by atoms with Crippen LogP contribution in [0.15, 0.2) is 52.2 Å². The van der Waals surface area contributed by atoms with Crippen LogP contribution in [0.3, 0.4) is 0 Å². The Morgan fingerprint density at radius 2 is 1.81 bits per heavy atom. The van der Waals surface area contributed by atoms with Gasteiger partial charge >= 0.3 is 0 Å². The predicted octanol–water partition coefficient (Wildman–Crippen LogP) is 2.78. The minimum atomic E-state index is -3.74. The number of carbonyl (C=O) groups excluding carboxylic acids is 1. The van der Waals surface area contributed by atoms with E-state index in [1.54, 1.807) is 25.1 Å². The molecule has 1 aliphatic rings. The number of benzene rings is 2. The van der Waals surface area contributed by atoms with E-state index >= 15 is 0 Å². The maximum Gasteiger partial charge on any atom is 0.275 e. The highest BCUT2D eigenvalue weighted by molar-refractivity contribution is 7.89. The number of nitrogens with one attached hydrogen (secondary N) is 1. The van der Waals surface area contributed by atoms with Crippen molar-refractivity contribution in [3.8, 4) is 0 Å². The minimum Gasteiger partial charge on any atom is -0.324 e. The summed E-state index contributed by atoms with van der Waals surface area (Å²) in [6, 6.07) is 11.4. The van der Waals surface area contributed by atoms with Crippen LogP contribution in [0.2, 0.25) is 5.02 Å². The number of nitrogens with zero attached hydrogens (tertiary/aromatic N) is 3. The van der Waals surface area contributed by atoms with Gasteiger partial charge in [0.15, 0.2) is 0 Å². The Labute approximate surface area is 184 Å². The first-order valence-electron chi connectivity index (χ1n) is 9.83. The van der Waals surface area contributed by atoms with Crippen molar-refractivity contribution in [3.05, 3.63) is 63.5 Å². The number of hydrogen-bond acceptors (Lipinski definition) is 5. The van der Waals surface area contributed by atoms with Crippen molar-refractivity contribution in [2.75, 3.05) is 18.4 Å². The third-order valence-electron chi connectivity index (χ3n) is 5.24. The van der Waals surface area contributed by atoms with Gasteiger partial charge in [0, 0.05) is 24.2 Å². The number of fused-ring (bicyclic) bond motifs is 1. The standard InChI is InChI=1S/C21H21ClN4O4S/c1-14-16-6-2-3-7-17(16)21(28)26(24-14)13-20(27)23-15-8-9-18(22)19(12-15)31(29,30)25-10-4-5-11-25/h2-3,6-9,12H,4-5,10-11,13H2,1H3,(H,23,27). The van der Waals surface area contributed by atoms with Crippen LogP contribution in [0, 0.1) is 6.92 Å². The first-order chi connectivity index (χ1) is 14.8. The van der Waals surface area contributed by atoms with E-state index in [4.69, 9.17) is 11.6 Å². The SMILES string of the molecule is Cc1nn(CC(=O)Nc2ccc(Cl)c(S(=O)(=O)N3CCCC3)c2)c(=O)c2ccccc12. The Morgan fingerprint density at radius 1 is 1.13 bits per heavy atom. The summed E-state index contributed by atoms with van der Waals surface area (Å²) in [4.78, 5) is 25.2. The molecule has 2 heterocycles. The van der Waals surface area contributed by atoms with E-state index in [1.165, 1.54) is 22.5 Å². The summed E-state index contributed by atoms with van der Waals surface area (Å²) >= 11 is 6.15. The zero-order valence-corrected chi connectivity index (χ0v) is 18.4. The summed E-state index contributed by atoms with van der Waals surface area (Å²) < 4.78 is 28.2. The fourth-order valence-electron chi connectivity index (χ4n) is 3.69. The van der Waals surface area contributed by atoms with Crippen LogP contribution in [0.25, 0.3) is 10.8 Å². The smallest absolute Gasteiger partial charge is 0.275 e. The molecule has 1 aliphatic heterocycles. The highest BCUT2D eigenvalue weighted by Crippen LogP contribution is 2.29. The highest BCUT2D eigenvalue weighted by Gasteiger charge is 2.29. The normalized spacial score (nSPS) is 14.8. The van der Waals surface area contributed by atoms with Gasteiger partial charge in [0.2, 0.25) is 15.9 Å². The van der Waals surface area contributed by atoms with E-state index < -0.39 is 15.9 Å². The molecule has 0 unspecified atom stereocenters. The molecule has 4 rings (SSSR count). The molecule has 3 aromatic rings. The number of amides is 1. The number of aryl methyl sites for hydroxylation is 1. The second kappa shape index (κ2) is 8.41. The lowest BCUT2D eigenvalue weighted by Crippen LogP contribution is -2.30. The van der Waals surface area contributed by atoms with Crippen LogP contribution in [0.1, 0.15) is 18.5 Å². The van der Waals surface area contributed by atoms with Crippen LogP contribution >= 0.6 is 11.6 Å². The van der Waals surface area contributed by atoms with E-state index in [2.05, 4.69) is 10.4 Å². The molecule has 0 bridgehead atoms. The highest BCUT2D eigenvalue weighted by atomic mass is 35.5. The number of sulfonamides is 1. The lowest BCUT2D eigenvalue weighted by Gasteiger charge is -2.17. The first kappa shape index (κ1) is 21.5. The van der Waals surface area contributed by atoms with Crippen molar-refractivity contribution in [1.29, 1.82) is 0 Å². The fourth-order valence-corrected chi connectivity index (χ4v) is 5.71. The van der Waals surface area contributed by atoms with Crippen molar-refractivity contribution < 1.29 is 13.2 Å². The lowest BCUT2D eigenvalue weighted by molar-refractivity contribution is -0.117. The van der Waals surface area contributed by atoms with Crippen molar-refractivity contribution in [2.24, 2.45) is 0 Å². The molecule has 8 nitrogen and oxygen atoms in total. The van der Waals surface area contributed by atoms with Crippen molar-refractivity contribution >= 4 is 44.0 Å². The summed E-state index contributed by atoms with van der Waals surface area (Å²) in [5.41, 5.74) is 0.538. The van der Waals surface area contributed by atoms with Crippen LogP contribution < -0.4 is 10.9 Å². The Hall–Kier alpha value is -2.75. The molecule has 1 saturated heterocycles. The molecule has 162 valence electrons. The van der Waals surface area contributed by atoms with Gasteiger partial charge < -0.3 is 5.32 Å². The van der Waals surface area contributed by atoms with Crippen molar-refractivity contribution in [2.45, 2.75) is 31.2 Å². The number of rotatable bonds is 5. The second-order valence-corrected chi connectivity index (χ2v) is 9.71. The predicted molar refractivity (Wildman–Crippen MR) is 119 cm³/mol. The molecule has 0 aliphatic carbocycles. The van der Waals surface area contributed by atoms with Crippen molar-refractivity contribution in [3.63, 3.8) is 0 Å². The molecule has 0 spiro atoms. The second-order valence-electron chi connectivity index (χ2n) is 7.40. The number of hydrogen-bond donors (Lipinski definition) is 1. The van der Waals surface area contributed by atoms with Gasteiger partial charge in [-0.05, 0) is 44.0 Å². The third-order valence-corrected chi connectivity index (χ3v) is 7.62. The molecule has 0 saturated carbocycles. The summed E-state index contributed by atoms with van der Waals surface area (Å²) in [5, 5.41) is 8.17. The molecule has 1 amide bonds. The average Bonchev–Trinajstić information content (AvgIpc) is 3.29. The Morgan fingerprint density at radius 3 is 2.52 bits per heavy atom. The van der Waals surface area contributed by atoms with Crippen LogP contribution in [0.4, 0.5) is 5.69 Å². The van der Waals surface area contributed by atoms with Gasteiger partial charge in [-0.25, -0.2) is 13.1 Å². The Kier molecular flexibility index (Phi) is 5.83. The molecule has 31 heavy (non-hydrogen) atoms. The summed E-state index contributed by atoms with van der Waals surface area (Å²) in [6.45, 7) is 2.36. The molecule has 1 N–H and O–H groups in total. The lowest BCUT2D eigenvalue weighted by atomic mass is 10.1. The van der Waals surface area contributed by atoms with E-state index in [0.717, 1.165) is 22.9 Å². The minimum absolute atomic E-state index is 0.0503. The largest absolute Gasteiger partial charge is 0.324 e. The number of halogens is 1. The van der Waals surface area contributed by atoms with Crippen LogP contribution in [-0.4, -0.2) is 41.5 Å². The van der Waals surface area contributed by atoms with Crippen LogP contribution in [-0.2, 0) is 21.4 Å². The van der Waals surface area contributed by atoms with Gasteiger partial charge in [-0.1, -0.05) is 29.8 Å². The first-order valence-corrected chi connectivity index (χ1v) is 11.7. The quantitative estimate of drug-likeness (QED) is 0.630. The summed E-state index contributed by atoms with van der Waals surface area (Å²) in [6.07, 6.45) is 1.61. The van der Waals surface area contributed by atoms with E-state index in [9.17, 15) is 18.0 Å². The average molecular weight is 461 g/mol. The van der Waals surface area contributed by atoms with Gasteiger partial charge in [-0.3, -0.25) is 9.59 Å². The molecule has 10 heteroatoms. The maximum atomic E-state index is 12.9. The van der Waals surface area contributed by atoms with Gasteiger partial charge in [0.05, 0.1) is 16.1 Å². The molecular weight excluding hydrogens is 440 g/mol. The summed E-state index contributed by atoms with van der Waals surface area (Å²) in [5.74, 6) is -0.504. The van der Waals surface area contributed by atoms with Crippen LogP contribution in [0.5, 0.6) is 0 Å². The zero-order chi connectivity index (χ0) is 22.2. The maximum absolute atomic E-state index is 12.9. The molecule has 0 atom stereocenters. The van der Waals surface area contributed by atoms with E-state index in [-0.39, 0.29) is 27.7 Å². The summed E-state index contributed by atoms with van der Waals surface area (Å²) in [7, 11) is -3.74. The Bertz CT molecular complexity index is 1330. The topological polar surface area (TPSA) is 101 Å². The molecule has 1 fully saturated rings. The molecular formula is C21H21ClN4O4S. The molecule has 1 aromatic heterocycles. The van der Waals surface area contributed by atoms with Crippen molar-refractivity contribution in [1.82, 2.24) is 14.1 Å². The zero-order valence-electron chi connectivity index (χ0n) is 16.8. The van der Waals surface area contributed by atoms with Gasteiger partial charge in [0.25, 0.3) is 5.56 Å². The number of anilines is 1. The number of aromatic nitrogens is 2. The van der Waals surface area contributed by atoms with E-state index in [0.29, 0.717) is 24.2 Å². The molecule has 0 radical (unpaired) electrons. The van der Waals surface area contributed by atoms with E-state index in [1.807, 2.05) is 6.07 Å². The Balaban J connectivity index is 1.58. The number of carbonyl (C=O) groups is 1. The molecule has 2 aromatic carbocycles. The van der Waals surface area contributed by atoms with Gasteiger partial charge in [-0.2, -0.15) is 9.40 Å². The van der Waals surface area contributed by atoms with Gasteiger partial charge in [-0.15, -0.1) is 0 Å².